The Balaban J connectivity index is 1.52. The molecule has 3 rings (SSSR count). The fourth-order valence-electron chi connectivity index (χ4n) is 3.38. The van der Waals surface area contributed by atoms with Gasteiger partial charge in [-0.25, -0.2) is 4.79 Å². The fraction of sp³-hybridized carbons (Fsp3) is 0.524. The first-order valence-corrected chi connectivity index (χ1v) is 12.5. The van der Waals surface area contributed by atoms with E-state index in [1.54, 1.807) is 23.8 Å². The van der Waals surface area contributed by atoms with Gasteiger partial charge in [-0.2, -0.15) is 4.99 Å². The molecule has 0 radical (unpaired) electrons. The average molecular weight is 481 g/mol. The zero-order valence-corrected chi connectivity index (χ0v) is 20.2. The van der Waals surface area contributed by atoms with Gasteiger partial charge in [-0.3, -0.25) is 9.59 Å². The Kier molecular flexibility index (Phi) is 8.57. The van der Waals surface area contributed by atoms with Gasteiger partial charge < -0.3 is 23.8 Å². The average Bonchev–Trinajstić information content (AvgIpc) is 3.14. The minimum atomic E-state index is -0.342. The van der Waals surface area contributed by atoms with Crippen molar-refractivity contribution in [1.29, 1.82) is 0 Å². The van der Waals surface area contributed by atoms with Crippen molar-refractivity contribution in [2.75, 3.05) is 51.4 Å². The third-order valence-electron chi connectivity index (χ3n) is 5.04. The maximum atomic E-state index is 12.4. The van der Waals surface area contributed by atoms with Crippen molar-refractivity contribution in [3.63, 3.8) is 0 Å². The number of aryl methyl sites for hydroxylation is 1. The second-order valence-corrected chi connectivity index (χ2v) is 9.02. The molecule has 32 heavy (non-hydrogen) atoms. The van der Waals surface area contributed by atoms with Gasteiger partial charge in [0, 0.05) is 32.7 Å². The van der Waals surface area contributed by atoms with E-state index in [1.165, 1.54) is 23.1 Å². The Bertz CT molecular complexity index is 1040. The lowest BCUT2D eigenvalue weighted by Gasteiger charge is -2.34. The molecule has 0 atom stereocenters. The summed E-state index contributed by atoms with van der Waals surface area (Å²) < 4.78 is 13.3. The number of thioether (sulfide) groups is 1. The number of rotatable bonds is 7. The van der Waals surface area contributed by atoms with Crippen molar-refractivity contribution in [3.05, 3.63) is 23.0 Å². The molecule has 1 saturated heterocycles. The van der Waals surface area contributed by atoms with Gasteiger partial charge in [-0.1, -0.05) is 11.3 Å². The van der Waals surface area contributed by atoms with E-state index < -0.39 is 0 Å². The highest BCUT2D eigenvalue weighted by Gasteiger charge is 2.24. The van der Waals surface area contributed by atoms with Crippen molar-refractivity contribution in [2.24, 2.45) is 4.99 Å². The maximum absolute atomic E-state index is 12.4. The van der Waals surface area contributed by atoms with Crippen molar-refractivity contribution in [3.8, 4) is 5.75 Å². The predicted molar refractivity (Wildman–Crippen MR) is 125 cm³/mol. The Morgan fingerprint density at radius 3 is 2.47 bits per heavy atom. The van der Waals surface area contributed by atoms with Gasteiger partial charge in [0.15, 0.2) is 4.80 Å². The van der Waals surface area contributed by atoms with E-state index in [4.69, 9.17) is 9.47 Å². The quantitative estimate of drug-likeness (QED) is 0.603. The largest absolute Gasteiger partial charge is 0.497 e. The van der Waals surface area contributed by atoms with E-state index in [0.29, 0.717) is 44.1 Å². The van der Waals surface area contributed by atoms with Gasteiger partial charge in [0.2, 0.25) is 5.91 Å². The molecule has 3 amide bonds. The van der Waals surface area contributed by atoms with Crippen LogP contribution in [0.4, 0.5) is 4.79 Å². The van der Waals surface area contributed by atoms with Gasteiger partial charge in [0.1, 0.15) is 5.75 Å². The summed E-state index contributed by atoms with van der Waals surface area (Å²) in [5.74, 6) is 0.796. The molecular formula is C21H28N4O5S2. The van der Waals surface area contributed by atoms with E-state index >= 15 is 0 Å². The first kappa shape index (κ1) is 24.1. The molecule has 2 heterocycles. The van der Waals surface area contributed by atoms with E-state index in [0.717, 1.165) is 16.0 Å². The number of carbonyl (C=O) groups is 3. The van der Waals surface area contributed by atoms with Crippen LogP contribution in [0.5, 0.6) is 5.75 Å². The van der Waals surface area contributed by atoms with E-state index in [9.17, 15) is 14.4 Å². The number of benzene rings is 1. The summed E-state index contributed by atoms with van der Waals surface area (Å²) in [6, 6.07) is 5.79. The number of fused-ring (bicyclic) bond motifs is 1. The Hall–Kier alpha value is -2.53. The van der Waals surface area contributed by atoms with E-state index in [1.807, 2.05) is 29.7 Å². The highest BCUT2D eigenvalue weighted by molar-refractivity contribution is 8.00. The van der Waals surface area contributed by atoms with E-state index in [2.05, 4.69) is 4.99 Å². The van der Waals surface area contributed by atoms with E-state index in [-0.39, 0.29) is 29.4 Å². The van der Waals surface area contributed by atoms with Gasteiger partial charge in [-0.05, 0) is 32.0 Å². The normalized spacial score (nSPS) is 14.7. The number of piperazine rings is 1. The minimum Gasteiger partial charge on any atom is -0.497 e. The number of aromatic nitrogens is 1. The van der Waals surface area contributed by atoms with Crippen LogP contribution in [0.2, 0.25) is 0 Å². The SMILES string of the molecule is CCOC(=O)N1CCN(C(=O)CSCC(=O)N=c2sc3cc(OC)ccc3n2CC)CC1. The van der Waals surface area contributed by atoms with Gasteiger partial charge in [0.05, 0.1) is 35.4 Å². The molecule has 0 N–H and O–H groups in total. The first-order chi connectivity index (χ1) is 15.5. The zero-order chi connectivity index (χ0) is 23.1. The number of nitrogens with zero attached hydrogens (tertiary/aromatic N) is 4. The zero-order valence-electron chi connectivity index (χ0n) is 18.5. The molecule has 11 heteroatoms. The number of ether oxygens (including phenoxy) is 2. The summed E-state index contributed by atoms with van der Waals surface area (Å²) in [4.78, 5) is 44.8. The maximum Gasteiger partial charge on any atom is 0.409 e. The number of thiazole rings is 1. The van der Waals surface area contributed by atoms with Crippen LogP contribution in [-0.2, 0) is 20.9 Å². The van der Waals surface area contributed by atoms with Crippen molar-refractivity contribution < 1.29 is 23.9 Å². The minimum absolute atomic E-state index is 0.0381. The molecule has 9 nitrogen and oxygen atoms in total. The molecule has 0 saturated carbocycles. The molecule has 1 aromatic carbocycles. The van der Waals surface area contributed by atoms with Crippen molar-refractivity contribution in [2.45, 2.75) is 20.4 Å². The number of hydrogen-bond acceptors (Lipinski definition) is 7. The molecule has 1 aliphatic heterocycles. The molecule has 0 bridgehead atoms. The van der Waals surface area contributed by atoms with Crippen LogP contribution in [-0.4, -0.2) is 83.7 Å². The van der Waals surface area contributed by atoms with Crippen LogP contribution in [0.3, 0.4) is 0 Å². The third kappa shape index (κ3) is 5.83. The summed E-state index contributed by atoms with van der Waals surface area (Å²) in [6.45, 7) is 6.66. The second kappa shape index (κ2) is 11.4. The van der Waals surface area contributed by atoms with Crippen LogP contribution >= 0.6 is 23.1 Å². The molecule has 1 aromatic heterocycles. The standard InChI is InChI=1S/C21H28N4O5S2/c1-4-25-16-7-6-15(29-3)12-17(16)32-20(25)22-18(26)13-31-14-19(27)23-8-10-24(11-9-23)21(28)30-5-2/h6-7,12H,4-5,8-11,13-14H2,1-3H3. The summed E-state index contributed by atoms with van der Waals surface area (Å²) in [5, 5.41) is 0. The van der Waals surface area contributed by atoms with Gasteiger partial charge in [-0.15, -0.1) is 11.8 Å². The van der Waals surface area contributed by atoms with Crippen LogP contribution in [0.15, 0.2) is 23.2 Å². The van der Waals surface area contributed by atoms with Crippen LogP contribution in [0.25, 0.3) is 10.2 Å². The summed E-state index contributed by atoms with van der Waals surface area (Å²) in [6.07, 6.45) is -0.342. The summed E-state index contributed by atoms with van der Waals surface area (Å²) in [7, 11) is 1.62. The summed E-state index contributed by atoms with van der Waals surface area (Å²) in [5.41, 5.74) is 1.01. The number of carbonyl (C=O) groups excluding carboxylic acids is 3. The Morgan fingerprint density at radius 2 is 1.81 bits per heavy atom. The first-order valence-electron chi connectivity index (χ1n) is 10.5. The van der Waals surface area contributed by atoms with Gasteiger partial charge in [0.25, 0.3) is 5.91 Å². The van der Waals surface area contributed by atoms with Crippen LogP contribution in [0, 0.1) is 0 Å². The van der Waals surface area contributed by atoms with Crippen LogP contribution < -0.4 is 9.54 Å². The Morgan fingerprint density at radius 1 is 1.09 bits per heavy atom. The molecule has 0 spiro atoms. The molecule has 1 aliphatic rings. The lowest BCUT2D eigenvalue weighted by Crippen LogP contribution is -2.51. The molecule has 0 unspecified atom stereocenters. The highest BCUT2D eigenvalue weighted by Crippen LogP contribution is 2.23. The third-order valence-corrected chi connectivity index (χ3v) is 6.98. The molecule has 1 fully saturated rings. The lowest BCUT2D eigenvalue weighted by atomic mass is 10.3. The van der Waals surface area contributed by atoms with Crippen molar-refractivity contribution >= 4 is 51.2 Å². The lowest BCUT2D eigenvalue weighted by molar-refractivity contribution is -0.129. The molecule has 174 valence electrons. The Labute approximate surface area is 195 Å². The van der Waals surface area contributed by atoms with Crippen molar-refractivity contribution in [1.82, 2.24) is 14.4 Å². The second-order valence-electron chi connectivity index (χ2n) is 7.03. The van der Waals surface area contributed by atoms with Crippen LogP contribution in [0.1, 0.15) is 13.8 Å². The fourth-order valence-corrected chi connectivity index (χ4v) is 5.22. The number of amides is 3. The molecule has 0 aliphatic carbocycles. The summed E-state index contributed by atoms with van der Waals surface area (Å²) >= 11 is 2.70. The smallest absolute Gasteiger partial charge is 0.409 e. The molecular weight excluding hydrogens is 452 g/mol. The number of methoxy groups -OCH3 is 1. The monoisotopic (exact) mass is 480 g/mol. The predicted octanol–water partition coefficient (Wildman–Crippen LogP) is 2.19. The van der Waals surface area contributed by atoms with Gasteiger partial charge >= 0.3 is 6.09 Å². The molecule has 2 aromatic rings. The number of hydrogen-bond donors (Lipinski definition) is 0. The highest BCUT2D eigenvalue weighted by atomic mass is 32.2. The topological polar surface area (TPSA) is 93.4 Å².